The van der Waals surface area contributed by atoms with E-state index in [0.717, 1.165) is 30.8 Å². The van der Waals surface area contributed by atoms with Crippen LogP contribution in [-0.4, -0.2) is 12.5 Å². The fraction of sp³-hybridized carbons (Fsp3) is 0.235. The zero-order chi connectivity index (χ0) is 14.8. The van der Waals surface area contributed by atoms with Gasteiger partial charge in [0.05, 0.1) is 0 Å². The van der Waals surface area contributed by atoms with Gasteiger partial charge in [0, 0.05) is 30.0 Å². The van der Waals surface area contributed by atoms with Crippen molar-refractivity contribution in [2.24, 2.45) is 5.73 Å². The number of para-hydroxylation sites is 1. The number of nitrogens with two attached hydrogens (primary N) is 1. The maximum Gasteiger partial charge on any atom is 0.249 e. The van der Waals surface area contributed by atoms with Gasteiger partial charge in [-0.05, 0) is 42.2 Å². The number of amides is 1. The van der Waals surface area contributed by atoms with Crippen molar-refractivity contribution in [2.45, 2.75) is 19.9 Å². The van der Waals surface area contributed by atoms with Crippen LogP contribution in [0, 0.1) is 6.92 Å². The third-order valence-electron chi connectivity index (χ3n) is 4.00. The highest BCUT2D eigenvalue weighted by atomic mass is 16.1. The number of carbonyl (C=O) groups excluding carboxylic acids is 1. The van der Waals surface area contributed by atoms with E-state index in [9.17, 15) is 4.79 Å². The van der Waals surface area contributed by atoms with Gasteiger partial charge in [-0.15, -0.1) is 0 Å². The third-order valence-corrected chi connectivity index (χ3v) is 4.00. The van der Waals surface area contributed by atoms with Crippen LogP contribution in [0.1, 0.15) is 27.0 Å². The highest BCUT2D eigenvalue weighted by Gasteiger charge is 2.14. The molecule has 4 heteroatoms. The molecule has 0 unspecified atom stereocenters. The Morgan fingerprint density at radius 3 is 2.90 bits per heavy atom. The number of hydrogen-bond acceptors (Lipinski definition) is 3. The summed E-state index contributed by atoms with van der Waals surface area (Å²) in [6.45, 7) is 3.64. The Bertz CT molecular complexity index is 694. The van der Waals surface area contributed by atoms with Crippen molar-refractivity contribution in [2.75, 3.05) is 17.2 Å². The first kappa shape index (κ1) is 13.5. The summed E-state index contributed by atoms with van der Waals surface area (Å²) in [4.78, 5) is 11.4. The minimum Gasteiger partial charge on any atom is -0.384 e. The molecule has 4 nitrogen and oxygen atoms in total. The van der Waals surface area contributed by atoms with Gasteiger partial charge in [0.25, 0.3) is 0 Å². The number of primary amides is 1. The molecule has 108 valence electrons. The van der Waals surface area contributed by atoms with Gasteiger partial charge in [-0.3, -0.25) is 4.79 Å². The van der Waals surface area contributed by atoms with Crippen molar-refractivity contribution >= 4 is 17.3 Å². The average Bonchev–Trinajstić information content (AvgIpc) is 2.95. The summed E-state index contributed by atoms with van der Waals surface area (Å²) in [6, 6.07) is 12.0. The lowest BCUT2D eigenvalue weighted by Crippen LogP contribution is -2.14. The van der Waals surface area contributed by atoms with Crippen LogP contribution in [0.3, 0.4) is 0 Å². The quantitative estimate of drug-likeness (QED) is 0.807. The van der Waals surface area contributed by atoms with Crippen LogP contribution in [-0.2, 0) is 13.0 Å². The Balaban J connectivity index is 1.82. The van der Waals surface area contributed by atoms with Crippen LogP contribution in [0.15, 0.2) is 36.4 Å². The molecule has 2 aromatic carbocycles. The number of carbonyl (C=O) groups is 1. The molecular formula is C17H19N3O. The predicted molar refractivity (Wildman–Crippen MR) is 85.7 cm³/mol. The molecule has 0 aliphatic carbocycles. The summed E-state index contributed by atoms with van der Waals surface area (Å²) in [5, 5.41) is 6.84. The molecule has 1 amide bonds. The van der Waals surface area contributed by atoms with Crippen molar-refractivity contribution in [3.8, 4) is 0 Å². The summed E-state index contributed by atoms with van der Waals surface area (Å²) in [7, 11) is 0. The summed E-state index contributed by atoms with van der Waals surface area (Å²) < 4.78 is 0. The van der Waals surface area contributed by atoms with Crippen molar-refractivity contribution in [1.29, 1.82) is 0 Å². The van der Waals surface area contributed by atoms with Gasteiger partial charge in [0.1, 0.15) is 0 Å². The SMILES string of the molecule is Cc1c(NCc2cccc3c2NCC3)cccc1C(N)=O. The zero-order valence-corrected chi connectivity index (χ0v) is 12.1. The first-order valence-electron chi connectivity index (χ1n) is 7.15. The Morgan fingerprint density at radius 1 is 1.29 bits per heavy atom. The Kier molecular flexibility index (Phi) is 3.52. The van der Waals surface area contributed by atoms with E-state index in [1.165, 1.54) is 16.8 Å². The molecule has 1 heterocycles. The molecule has 1 aliphatic heterocycles. The molecular weight excluding hydrogens is 262 g/mol. The van der Waals surface area contributed by atoms with Gasteiger partial charge >= 0.3 is 0 Å². The summed E-state index contributed by atoms with van der Waals surface area (Å²) in [6.07, 6.45) is 1.08. The second-order valence-corrected chi connectivity index (χ2v) is 5.32. The lowest BCUT2D eigenvalue weighted by atomic mass is 10.0. The largest absolute Gasteiger partial charge is 0.384 e. The first-order valence-corrected chi connectivity index (χ1v) is 7.15. The number of benzene rings is 2. The molecule has 0 fully saturated rings. The number of fused-ring (bicyclic) bond motifs is 1. The molecule has 21 heavy (non-hydrogen) atoms. The van der Waals surface area contributed by atoms with E-state index in [-0.39, 0.29) is 0 Å². The smallest absolute Gasteiger partial charge is 0.249 e. The van der Waals surface area contributed by atoms with E-state index < -0.39 is 5.91 Å². The molecule has 1 aliphatic rings. The van der Waals surface area contributed by atoms with E-state index in [4.69, 9.17) is 5.73 Å². The van der Waals surface area contributed by atoms with Gasteiger partial charge in [-0.2, -0.15) is 0 Å². The Hall–Kier alpha value is -2.49. The monoisotopic (exact) mass is 281 g/mol. The molecule has 2 aromatic rings. The topological polar surface area (TPSA) is 67.2 Å². The molecule has 4 N–H and O–H groups in total. The van der Waals surface area contributed by atoms with Gasteiger partial charge < -0.3 is 16.4 Å². The van der Waals surface area contributed by atoms with Gasteiger partial charge in [0.15, 0.2) is 0 Å². The van der Waals surface area contributed by atoms with Crippen molar-refractivity contribution < 1.29 is 4.79 Å². The molecule has 0 spiro atoms. The normalized spacial score (nSPS) is 12.6. The molecule has 0 aromatic heterocycles. The molecule has 0 atom stereocenters. The van der Waals surface area contributed by atoms with Crippen LogP contribution in [0.2, 0.25) is 0 Å². The summed E-state index contributed by atoms with van der Waals surface area (Å²) >= 11 is 0. The first-order chi connectivity index (χ1) is 10.2. The average molecular weight is 281 g/mol. The number of hydrogen-bond donors (Lipinski definition) is 3. The van der Waals surface area contributed by atoms with Crippen molar-refractivity contribution in [1.82, 2.24) is 0 Å². The predicted octanol–water partition coefficient (Wildman–Crippen LogP) is 2.67. The molecule has 0 saturated heterocycles. The lowest BCUT2D eigenvalue weighted by molar-refractivity contribution is 0.1000. The highest BCUT2D eigenvalue weighted by molar-refractivity contribution is 5.95. The maximum absolute atomic E-state index is 11.4. The summed E-state index contributed by atoms with van der Waals surface area (Å²) in [5.74, 6) is -0.390. The molecule has 0 radical (unpaired) electrons. The third kappa shape index (κ3) is 2.57. The van der Waals surface area contributed by atoms with Crippen LogP contribution < -0.4 is 16.4 Å². The van der Waals surface area contributed by atoms with Crippen LogP contribution in [0.25, 0.3) is 0 Å². The number of nitrogens with one attached hydrogen (secondary N) is 2. The second-order valence-electron chi connectivity index (χ2n) is 5.32. The molecule has 0 saturated carbocycles. The van der Waals surface area contributed by atoms with E-state index in [0.29, 0.717) is 5.56 Å². The second kappa shape index (κ2) is 5.48. The number of anilines is 2. The van der Waals surface area contributed by atoms with Gasteiger partial charge in [-0.25, -0.2) is 0 Å². The van der Waals surface area contributed by atoms with E-state index >= 15 is 0 Å². The zero-order valence-electron chi connectivity index (χ0n) is 12.1. The highest BCUT2D eigenvalue weighted by Crippen LogP contribution is 2.27. The van der Waals surface area contributed by atoms with Crippen molar-refractivity contribution in [3.63, 3.8) is 0 Å². The fourth-order valence-corrected chi connectivity index (χ4v) is 2.84. The van der Waals surface area contributed by atoms with Crippen LogP contribution in [0.5, 0.6) is 0 Å². The van der Waals surface area contributed by atoms with Crippen LogP contribution in [0.4, 0.5) is 11.4 Å². The Labute approximate surface area is 124 Å². The van der Waals surface area contributed by atoms with Crippen LogP contribution >= 0.6 is 0 Å². The minimum atomic E-state index is -0.390. The Morgan fingerprint density at radius 2 is 2.10 bits per heavy atom. The maximum atomic E-state index is 11.4. The van der Waals surface area contributed by atoms with E-state index in [2.05, 4.69) is 28.8 Å². The molecule has 0 bridgehead atoms. The number of rotatable bonds is 4. The lowest BCUT2D eigenvalue weighted by Gasteiger charge is -2.14. The summed E-state index contributed by atoms with van der Waals surface area (Å²) in [5.41, 5.74) is 11.7. The van der Waals surface area contributed by atoms with Gasteiger partial charge in [-0.1, -0.05) is 24.3 Å². The van der Waals surface area contributed by atoms with E-state index in [1.54, 1.807) is 6.07 Å². The minimum absolute atomic E-state index is 0.390. The van der Waals surface area contributed by atoms with Crippen molar-refractivity contribution in [3.05, 3.63) is 58.7 Å². The standard InChI is InChI=1S/C17H19N3O/c1-11-14(17(18)21)6-3-7-15(11)20-10-13-5-2-4-12-8-9-19-16(12)13/h2-7,19-20H,8-10H2,1H3,(H2,18,21). The van der Waals surface area contributed by atoms with E-state index in [1.807, 2.05) is 19.1 Å². The molecule has 3 rings (SSSR count). The van der Waals surface area contributed by atoms with Gasteiger partial charge in [0.2, 0.25) is 5.91 Å². The fourth-order valence-electron chi connectivity index (χ4n) is 2.84.